The Morgan fingerprint density at radius 3 is 2.31 bits per heavy atom. The summed E-state index contributed by atoms with van der Waals surface area (Å²) in [7, 11) is 1.63. The van der Waals surface area contributed by atoms with Gasteiger partial charge in [0.2, 0.25) is 0 Å². The molecule has 180 valence electrons. The first-order valence-corrected chi connectivity index (χ1v) is 14.4. The quantitative estimate of drug-likeness (QED) is 0.181. The van der Waals surface area contributed by atoms with Gasteiger partial charge in [-0.1, -0.05) is 28.1 Å². The number of thioether (sulfide) groups is 1. The Labute approximate surface area is 244 Å². The van der Waals surface area contributed by atoms with E-state index in [-0.39, 0.29) is 5.91 Å². The first kappa shape index (κ1) is 26.5. The second-order valence-corrected chi connectivity index (χ2v) is 11.7. The van der Waals surface area contributed by atoms with Crippen molar-refractivity contribution < 1.29 is 14.3 Å². The molecule has 1 saturated heterocycles. The molecule has 4 rings (SSSR count). The second-order valence-electron chi connectivity index (χ2n) is 7.48. The summed E-state index contributed by atoms with van der Waals surface area (Å²) in [4.78, 5) is 20.1. The van der Waals surface area contributed by atoms with Gasteiger partial charge in [0.25, 0.3) is 5.91 Å². The maximum absolute atomic E-state index is 13.1. The monoisotopic (exact) mass is 774 g/mol. The number of rotatable bonds is 7. The molecule has 0 aromatic heterocycles. The summed E-state index contributed by atoms with van der Waals surface area (Å²) in [5.74, 6) is 1.58. The normalized spacial score (nSPS) is 15.8. The summed E-state index contributed by atoms with van der Waals surface area (Å²) >= 11 is 9.42. The predicted molar refractivity (Wildman–Crippen MR) is 163 cm³/mol. The van der Waals surface area contributed by atoms with Crippen LogP contribution in [0.15, 0.2) is 75.0 Å². The van der Waals surface area contributed by atoms with E-state index in [1.807, 2.05) is 73.7 Å². The number of methoxy groups -OCH3 is 1. The Morgan fingerprint density at radius 1 is 1.06 bits per heavy atom. The molecule has 1 amide bonds. The lowest BCUT2D eigenvalue weighted by molar-refractivity contribution is -0.122. The average molecular weight is 775 g/mol. The standard InChI is InChI=1S/C26H21BrI2N2O3S/c1-3-31-25(32)23(35-26(31)30-19-8-10-20(33-2)11-9-19)14-17-12-21(28)24(22(29)13-17)34-15-16-4-6-18(27)7-5-16/h4-14H,3,15H2,1-2H3/b23-14+,30-26?. The number of amides is 1. The lowest BCUT2D eigenvalue weighted by atomic mass is 10.2. The molecule has 0 N–H and O–H groups in total. The van der Waals surface area contributed by atoms with Crippen molar-refractivity contribution in [1.29, 1.82) is 0 Å². The number of halogens is 3. The van der Waals surface area contributed by atoms with Crippen molar-refractivity contribution in [3.63, 3.8) is 0 Å². The highest BCUT2D eigenvalue weighted by molar-refractivity contribution is 14.1. The number of ether oxygens (including phenoxy) is 2. The highest BCUT2D eigenvalue weighted by atomic mass is 127. The zero-order valence-electron chi connectivity index (χ0n) is 18.9. The number of benzene rings is 3. The molecule has 0 unspecified atom stereocenters. The van der Waals surface area contributed by atoms with Gasteiger partial charge in [-0.15, -0.1) is 0 Å². The largest absolute Gasteiger partial charge is 0.497 e. The van der Waals surface area contributed by atoms with E-state index in [1.165, 1.54) is 11.8 Å². The van der Waals surface area contributed by atoms with Crippen LogP contribution >= 0.6 is 72.9 Å². The number of nitrogens with zero attached hydrogens (tertiary/aromatic N) is 2. The third-order valence-electron chi connectivity index (χ3n) is 5.12. The van der Waals surface area contributed by atoms with Gasteiger partial charge in [0.15, 0.2) is 5.17 Å². The molecule has 1 aliphatic heterocycles. The number of hydrogen-bond donors (Lipinski definition) is 0. The minimum Gasteiger partial charge on any atom is -0.497 e. The van der Waals surface area contributed by atoms with Crippen LogP contribution in [0.4, 0.5) is 5.69 Å². The Kier molecular flexibility index (Phi) is 9.17. The zero-order chi connectivity index (χ0) is 24.9. The number of aliphatic imine (C=N–C) groups is 1. The molecule has 0 bridgehead atoms. The Morgan fingerprint density at radius 2 is 1.71 bits per heavy atom. The molecule has 0 radical (unpaired) electrons. The van der Waals surface area contributed by atoms with Crippen LogP contribution in [0, 0.1) is 7.14 Å². The topological polar surface area (TPSA) is 51.1 Å². The molecular weight excluding hydrogens is 754 g/mol. The fraction of sp³-hybridized carbons (Fsp3) is 0.154. The van der Waals surface area contributed by atoms with Gasteiger partial charge in [0.1, 0.15) is 18.1 Å². The van der Waals surface area contributed by atoms with Gasteiger partial charge in [-0.05, 0) is 130 Å². The summed E-state index contributed by atoms with van der Waals surface area (Å²) in [6.07, 6.45) is 1.93. The Balaban J connectivity index is 1.54. The van der Waals surface area contributed by atoms with Gasteiger partial charge >= 0.3 is 0 Å². The molecule has 35 heavy (non-hydrogen) atoms. The van der Waals surface area contributed by atoms with E-state index >= 15 is 0 Å². The van der Waals surface area contributed by atoms with Gasteiger partial charge in [-0.3, -0.25) is 9.69 Å². The highest BCUT2D eigenvalue weighted by Gasteiger charge is 2.32. The van der Waals surface area contributed by atoms with Gasteiger partial charge in [-0.2, -0.15) is 0 Å². The molecule has 9 heteroatoms. The van der Waals surface area contributed by atoms with Gasteiger partial charge in [0, 0.05) is 11.0 Å². The van der Waals surface area contributed by atoms with Crippen molar-refractivity contribution in [2.45, 2.75) is 13.5 Å². The molecule has 5 nitrogen and oxygen atoms in total. The van der Waals surface area contributed by atoms with Crippen LogP contribution in [0.5, 0.6) is 11.5 Å². The summed E-state index contributed by atoms with van der Waals surface area (Å²) in [6.45, 7) is 3.00. The SMILES string of the molecule is CCN1C(=O)/C(=C\c2cc(I)c(OCc3ccc(Br)cc3)c(I)c2)SC1=Nc1ccc(OC)cc1. The second kappa shape index (κ2) is 12.1. The van der Waals surface area contributed by atoms with E-state index in [1.54, 1.807) is 12.0 Å². The molecule has 3 aromatic rings. The lowest BCUT2D eigenvalue weighted by Crippen LogP contribution is -2.28. The summed E-state index contributed by atoms with van der Waals surface area (Å²) in [5.41, 5.74) is 2.83. The molecule has 0 saturated carbocycles. The third-order valence-corrected chi connectivity index (χ3v) is 8.25. The van der Waals surface area contributed by atoms with E-state index < -0.39 is 0 Å². The van der Waals surface area contributed by atoms with Gasteiger partial charge < -0.3 is 9.47 Å². The third kappa shape index (κ3) is 6.60. The highest BCUT2D eigenvalue weighted by Crippen LogP contribution is 2.36. The van der Waals surface area contributed by atoms with E-state index in [0.717, 1.165) is 39.9 Å². The van der Waals surface area contributed by atoms with Crippen LogP contribution in [0.2, 0.25) is 0 Å². The first-order chi connectivity index (χ1) is 16.9. The maximum atomic E-state index is 13.1. The van der Waals surface area contributed by atoms with Crippen molar-refractivity contribution in [1.82, 2.24) is 4.90 Å². The number of carbonyl (C=O) groups excluding carboxylic acids is 1. The fourth-order valence-electron chi connectivity index (χ4n) is 3.33. The number of carbonyl (C=O) groups is 1. The molecule has 1 fully saturated rings. The maximum Gasteiger partial charge on any atom is 0.266 e. The van der Waals surface area contributed by atoms with Crippen molar-refractivity contribution in [2.24, 2.45) is 4.99 Å². The van der Waals surface area contributed by atoms with Crippen molar-refractivity contribution in [3.8, 4) is 11.5 Å². The minimum absolute atomic E-state index is 0.0367. The van der Waals surface area contributed by atoms with Gasteiger partial charge in [-0.25, -0.2) is 4.99 Å². The molecule has 1 aliphatic rings. The number of likely N-dealkylation sites (N-methyl/N-ethyl adjacent to an activating group) is 1. The number of amidine groups is 1. The molecular formula is C26H21BrI2N2O3S. The summed E-state index contributed by atoms with van der Waals surface area (Å²) in [5, 5.41) is 0.674. The molecule has 1 heterocycles. The van der Waals surface area contributed by atoms with E-state index in [9.17, 15) is 4.79 Å². The Hall–Kier alpha value is -1.57. The van der Waals surface area contributed by atoms with E-state index in [4.69, 9.17) is 14.5 Å². The van der Waals surface area contributed by atoms with Crippen molar-refractivity contribution in [2.75, 3.05) is 13.7 Å². The minimum atomic E-state index is -0.0367. The predicted octanol–water partition coefficient (Wildman–Crippen LogP) is 7.87. The van der Waals surface area contributed by atoms with Crippen LogP contribution in [0.3, 0.4) is 0 Å². The van der Waals surface area contributed by atoms with Crippen LogP contribution < -0.4 is 9.47 Å². The van der Waals surface area contributed by atoms with Crippen molar-refractivity contribution >= 4 is 95.7 Å². The summed E-state index contributed by atoms with van der Waals surface area (Å²) < 4.78 is 14.4. The molecule has 3 aromatic carbocycles. The first-order valence-electron chi connectivity index (χ1n) is 10.7. The Bertz CT molecular complexity index is 1270. The molecule has 0 atom stereocenters. The van der Waals surface area contributed by atoms with Crippen LogP contribution in [0.25, 0.3) is 6.08 Å². The molecule has 0 aliphatic carbocycles. The lowest BCUT2D eigenvalue weighted by Gasteiger charge is -2.12. The van der Waals surface area contributed by atoms with E-state index in [2.05, 4.69) is 61.1 Å². The smallest absolute Gasteiger partial charge is 0.266 e. The van der Waals surface area contributed by atoms with Crippen LogP contribution in [-0.2, 0) is 11.4 Å². The van der Waals surface area contributed by atoms with E-state index in [0.29, 0.717) is 23.2 Å². The van der Waals surface area contributed by atoms with Gasteiger partial charge in [0.05, 0.1) is 24.8 Å². The van der Waals surface area contributed by atoms with Crippen molar-refractivity contribution in [3.05, 3.63) is 88.3 Å². The van der Waals surface area contributed by atoms with Crippen LogP contribution in [0.1, 0.15) is 18.1 Å². The average Bonchev–Trinajstić information content (AvgIpc) is 3.13. The number of hydrogen-bond acceptors (Lipinski definition) is 5. The fourth-order valence-corrected chi connectivity index (χ4v) is 6.78. The molecule has 0 spiro atoms. The van der Waals surface area contributed by atoms with Crippen LogP contribution in [-0.4, -0.2) is 29.6 Å². The zero-order valence-corrected chi connectivity index (χ0v) is 25.6. The summed E-state index contributed by atoms with van der Waals surface area (Å²) in [6, 6.07) is 19.6.